The number of ether oxygens (including phenoxy) is 1. The molecule has 0 aliphatic rings. The van der Waals surface area contributed by atoms with E-state index in [0.717, 1.165) is 0 Å². The Labute approximate surface area is 125 Å². The van der Waals surface area contributed by atoms with Crippen LogP contribution in [0.2, 0.25) is 0 Å². The van der Waals surface area contributed by atoms with E-state index >= 15 is 0 Å². The first-order valence-electron chi connectivity index (χ1n) is 6.58. The van der Waals surface area contributed by atoms with E-state index in [0.29, 0.717) is 5.75 Å². The zero-order valence-corrected chi connectivity index (χ0v) is 13.4. The van der Waals surface area contributed by atoms with Gasteiger partial charge in [-0.15, -0.1) is 0 Å². The highest BCUT2D eigenvalue weighted by Crippen LogP contribution is 2.23. The van der Waals surface area contributed by atoms with Gasteiger partial charge in [-0.25, -0.2) is 13.1 Å². The Morgan fingerprint density at radius 2 is 1.95 bits per heavy atom. The van der Waals surface area contributed by atoms with E-state index in [1.165, 1.54) is 25.3 Å². The average Bonchev–Trinajstić information content (AvgIpc) is 2.36. The van der Waals surface area contributed by atoms with Gasteiger partial charge in [-0.3, -0.25) is 4.79 Å². The molecule has 0 saturated carbocycles. The van der Waals surface area contributed by atoms with Gasteiger partial charge in [0.15, 0.2) is 0 Å². The first kappa shape index (κ1) is 17.5. The number of aliphatic carboxylic acids is 1. The molecule has 0 aliphatic carbocycles. The van der Waals surface area contributed by atoms with Crippen LogP contribution in [0.5, 0.6) is 5.75 Å². The number of nitrogens with one attached hydrogen (secondary N) is 1. The van der Waals surface area contributed by atoms with Gasteiger partial charge in [0.05, 0.1) is 18.4 Å². The molecule has 0 saturated heterocycles. The lowest BCUT2D eigenvalue weighted by Gasteiger charge is -2.19. The van der Waals surface area contributed by atoms with Crippen LogP contribution in [0.1, 0.15) is 26.3 Å². The lowest BCUT2D eigenvalue weighted by Crippen LogP contribution is -2.36. The van der Waals surface area contributed by atoms with Crippen molar-refractivity contribution < 1.29 is 23.1 Å². The van der Waals surface area contributed by atoms with Gasteiger partial charge in [0.2, 0.25) is 10.0 Å². The lowest BCUT2D eigenvalue weighted by atomic mass is 10.1. The molecule has 2 N–H and O–H groups in total. The Bertz CT molecular complexity index is 610. The first-order valence-corrected chi connectivity index (χ1v) is 8.06. The van der Waals surface area contributed by atoms with Gasteiger partial charge in [0, 0.05) is 6.04 Å². The molecular formula is C14H21NO5S. The van der Waals surface area contributed by atoms with Crippen molar-refractivity contribution in [2.45, 2.75) is 38.1 Å². The highest BCUT2D eigenvalue weighted by molar-refractivity contribution is 7.89. The number of rotatable bonds is 7. The van der Waals surface area contributed by atoms with Crippen molar-refractivity contribution in [3.63, 3.8) is 0 Å². The molecule has 0 spiro atoms. The van der Waals surface area contributed by atoms with E-state index in [2.05, 4.69) is 4.72 Å². The van der Waals surface area contributed by atoms with Crippen molar-refractivity contribution >= 4 is 16.0 Å². The van der Waals surface area contributed by atoms with Gasteiger partial charge in [0.1, 0.15) is 5.75 Å². The summed E-state index contributed by atoms with van der Waals surface area (Å²) in [6, 6.07) is 4.05. The lowest BCUT2D eigenvalue weighted by molar-refractivity contribution is -0.136. The maximum absolute atomic E-state index is 12.4. The summed E-state index contributed by atoms with van der Waals surface area (Å²) < 4.78 is 32.4. The molecule has 1 unspecified atom stereocenters. The van der Waals surface area contributed by atoms with Crippen LogP contribution < -0.4 is 9.46 Å². The summed E-state index contributed by atoms with van der Waals surface area (Å²) in [7, 11) is -2.34. The van der Waals surface area contributed by atoms with Crippen molar-refractivity contribution in [3.05, 3.63) is 23.8 Å². The Hall–Kier alpha value is -1.60. The van der Waals surface area contributed by atoms with Gasteiger partial charge in [-0.05, 0) is 36.6 Å². The highest BCUT2D eigenvalue weighted by atomic mass is 32.2. The smallest absolute Gasteiger partial charge is 0.307 e. The van der Waals surface area contributed by atoms with Crippen LogP contribution >= 0.6 is 0 Å². The summed E-state index contributed by atoms with van der Waals surface area (Å²) in [5.74, 6) is -0.556. The van der Waals surface area contributed by atoms with Crippen LogP contribution in [0.3, 0.4) is 0 Å². The van der Waals surface area contributed by atoms with E-state index in [9.17, 15) is 13.2 Å². The maximum Gasteiger partial charge on any atom is 0.307 e. The monoisotopic (exact) mass is 315 g/mol. The summed E-state index contributed by atoms with van der Waals surface area (Å²) in [6.07, 6.45) is -0.385. The van der Waals surface area contributed by atoms with Gasteiger partial charge in [0.25, 0.3) is 0 Å². The third-order valence-corrected chi connectivity index (χ3v) is 4.90. The van der Waals surface area contributed by atoms with E-state index in [-0.39, 0.29) is 28.8 Å². The zero-order valence-electron chi connectivity index (χ0n) is 12.6. The third-order valence-electron chi connectivity index (χ3n) is 3.24. The predicted molar refractivity (Wildman–Crippen MR) is 79.0 cm³/mol. The van der Waals surface area contributed by atoms with Crippen molar-refractivity contribution in [2.24, 2.45) is 5.92 Å². The molecule has 0 radical (unpaired) electrons. The summed E-state index contributed by atoms with van der Waals surface area (Å²) in [5.41, 5.74) is 0.199. The van der Waals surface area contributed by atoms with Crippen LogP contribution in [0.15, 0.2) is 23.1 Å². The highest BCUT2D eigenvalue weighted by Gasteiger charge is 2.23. The molecule has 1 rings (SSSR count). The minimum atomic E-state index is -3.77. The Balaban J connectivity index is 3.24. The quantitative estimate of drug-likeness (QED) is 0.798. The molecule has 0 aromatic heterocycles. The van der Waals surface area contributed by atoms with Crippen LogP contribution in [-0.4, -0.2) is 32.6 Å². The number of carboxylic acid groups (broad SMARTS) is 1. The minimum absolute atomic E-state index is 0.0294. The Morgan fingerprint density at radius 3 is 2.43 bits per heavy atom. The fourth-order valence-electron chi connectivity index (χ4n) is 1.69. The van der Waals surface area contributed by atoms with Gasteiger partial charge >= 0.3 is 5.97 Å². The molecular weight excluding hydrogens is 294 g/mol. The minimum Gasteiger partial charge on any atom is -0.497 e. The second-order valence-electron chi connectivity index (χ2n) is 5.20. The van der Waals surface area contributed by atoms with E-state index in [1.54, 1.807) is 6.92 Å². The molecule has 0 fully saturated rings. The summed E-state index contributed by atoms with van der Waals surface area (Å²) in [6.45, 7) is 5.57. The third kappa shape index (κ3) is 4.71. The predicted octanol–water partition coefficient (Wildman–Crippen LogP) is 1.65. The largest absolute Gasteiger partial charge is 0.497 e. The molecule has 7 heteroatoms. The molecule has 118 valence electrons. The number of sulfonamides is 1. The molecule has 6 nitrogen and oxygen atoms in total. The maximum atomic E-state index is 12.4. The normalized spacial score (nSPS) is 13.2. The Morgan fingerprint density at radius 1 is 1.33 bits per heavy atom. The summed E-state index contributed by atoms with van der Waals surface area (Å²) >= 11 is 0. The molecule has 0 aliphatic heterocycles. The van der Waals surface area contributed by atoms with Crippen LogP contribution in [0.25, 0.3) is 0 Å². The van der Waals surface area contributed by atoms with Crippen molar-refractivity contribution in [3.8, 4) is 5.75 Å². The topological polar surface area (TPSA) is 92.7 Å². The second kappa shape index (κ2) is 6.91. The number of benzene rings is 1. The second-order valence-corrected chi connectivity index (χ2v) is 6.88. The fourth-order valence-corrected chi connectivity index (χ4v) is 3.30. The van der Waals surface area contributed by atoms with Gasteiger partial charge in [-0.1, -0.05) is 13.8 Å². The molecule has 1 aromatic rings. The SMILES string of the molecule is COc1ccc(S(=O)(=O)NC(C)C(C)C)c(CC(=O)O)c1. The molecule has 1 aromatic carbocycles. The van der Waals surface area contributed by atoms with Crippen LogP contribution in [0, 0.1) is 5.92 Å². The number of carbonyl (C=O) groups is 1. The van der Waals surface area contributed by atoms with Crippen molar-refractivity contribution in [1.29, 1.82) is 0 Å². The van der Waals surface area contributed by atoms with Crippen molar-refractivity contribution in [2.75, 3.05) is 7.11 Å². The Kier molecular flexibility index (Phi) is 5.74. The zero-order chi connectivity index (χ0) is 16.2. The van der Waals surface area contributed by atoms with E-state index in [1.807, 2.05) is 13.8 Å². The summed E-state index contributed by atoms with van der Waals surface area (Å²) in [5, 5.41) is 8.93. The molecule has 0 amide bonds. The average molecular weight is 315 g/mol. The van der Waals surface area contributed by atoms with E-state index < -0.39 is 16.0 Å². The molecule has 21 heavy (non-hydrogen) atoms. The van der Waals surface area contributed by atoms with Crippen molar-refractivity contribution in [1.82, 2.24) is 4.72 Å². The summed E-state index contributed by atoms with van der Waals surface area (Å²) in [4.78, 5) is 10.9. The standard InChI is InChI=1S/C14H21NO5S/c1-9(2)10(3)15-21(18,19)13-6-5-12(20-4)7-11(13)8-14(16)17/h5-7,9-10,15H,8H2,1-4H3,(H,16,17). The van der Waals surface area contributed by atoms with Crippen LogP contribution in [-0.2, 0) is 21.2 Å². The number of hydrogen-bond donors (Lipinski definition) is 2. The first-order chi connectivity index (χ1) is 9.67. The number of hydrogen-bond acceptors (Lipinski definition) is 4. The molecule has 0 bridgehead atoms. The number of methoxy groups -OCH3 is 1. The molecule has 0 heterocycles. The van der Waals surface area contributed by atoms with Crippen LogP contribution in [0.4, 0.5) is 0 Å². The van der Waals surface area contributed by atoms with Gasteiger partial charge in [-0.2, -0.15) is 0 Å². The number of carboxylic acids is 1. The molecule has 1 atom stereocenters. The fraction of sp³-hybridized carbons (Fsp3) is 0.500. The van der Waals surface area contributed by atoms with Gasteiger partial charge < -0.3 is 9.84 Å². The van der Waals surface area contributed by atoms with E-state index in [4.69, 9.17) is 9.84 Å².